The molecular formula is C46H46N4. The van der Waals surface area contributed by atoms with Crippen LogP contribution in [0.25, 0.3) is 77.4 Å². The summed E-state index contributed by atoms with van der Waals surface area (Å²) < 4.78 is 2.45. The van der Waals surface area contributed by atoms with Gasteiger partial charge in [0, 0.05) is 44.7 Å². The number of aromatic amines is 1. The number of rotatable bonds is 3. The van der Waals surface area contributed by atoms with Crippen molar-refractivity contribution in [3.05, 3.63) is 120 Å². The van der Waals surface area contributed by atoms with Gasteiger partial charge in [0.25, 0.3) is 0 Å². The van der Waals surface area contributed by atoms with Crippen LogP contribution in [0.1, 0.15) is 73.4 Å². The van der Waals surface area contributed by atoms with Crippen molar-refractivity contribution in [1.29, 1.82) is 0 Å². The molecule has 250 valence electrons. The summed E-state index contributed by atoms with van der Waals surface area (Å²) in [7, 11) is 0. The molecule has 0 unspecified atom stereocenters. The largest absolute Gasteiger partial charge is 0.354 e. The number of nitrogens with zero attached hydrogens (tertiary/aromatic N) is 3. The van der Waals surface area contributed by atoms with Crippen molar-refractivity contribution in [2.75, 3.05) is 0 Å². The SMILES string of the molecule is CC(C)(C)c1ccc2[nH]c3c(-c4nc5c(-c6cc(-c7ccccn7)cc7ccccc67)cccc5n4C(C)(C)C)cc(C(C)(C)C)cc3c2c1. The Labute approximate surface area is 295 Å². The molecule has 0 aliphatic carbocycles. The van der Waals surface area contributed by atoms with E-state index in [4.69, 9.17) is 9.97 Å². The van der Waals surface area contributed by atoms with Crippen LogP contribution in [0.15, 0.2) is 109 Å². The Kier molecular flexibility index (Phi) is 7.14. The highest BCUT2D eigenvalue weighted by Crippen LogP contribution is 2.43. The lowest BCUT2D eigenvalue weighted by molar-refractivity contribution is 0.413. The van der Waals surface area contributed by atoms with Crippen LogP contribution in [0, 0.1) is 0 Å². The van der Waals surface area contributed by atoms with E-state index in [1.165, 1.54) is 32.7 Å². The Morgan fingerprint density at radius 3 is 2.04 bits per heavy atom. The van der Waals surface area contributed by atoms with Crippen LogP contribution in [0.4, 0.5) is 0 Å². The molecule has 0 fully saturated rings. The van der Waals surface area contributed by atoms with Gasteiger partial charge in [0.1, 0.15) is 5.82 Å². The highest BCUT2D eigenvalue weighted by atomic mass is 15.1. The summed E-state index contributed by atoms with van der Waals surface area (Å²) in [5.41, 5.74) is 12.3. The normalized spacial score (nSPS) is 12.9. The number of nitrogens with one attached hydrogen (secondary N) is 1. The zero-order chi connectivity index (χ0) is 35.2. The third-order valence-corrected chi connectivity index (χ3v) is 10.1. The monoisotopic (exact) mass is 654 g/mol. The molecule has 8 aromatic rings. The molecule has 0 saturated heterocycles. The zero-order valence-corrected chi connectivity index (χ0v) is 30.7. The molecule has 1 N–H and O–H groups in total. The molecular weight excluding hydrogens is 609 g/mol. The van der Waals surface area contributed by atoms with Crippen LogP contribution < -0.4 is 0 Å². The third-order valence-electron chi connectivity index (χ3n) is 10.1. The lowest BCUT2D eigenvalue weighted by Gasteiger charge is -2.26. The average Bonchev–Trinajstić information content (AvgIpc) is 3.66. The number of H-pyrrole nitrogens is 1. The minimum Gasteiger partial charge on any atom is -0.354 e. The van der Waals surface area contributed by atoms with Gasteiger partial charge in [-0.2, -0.15) is 0 Å². The summed E-state index contributed by atoms with van der Waals surface area (Å²) in [6.45, 7) is 20.6. The summed E-state index contributed by atoms with van der Waals surface area (Å²) in [5.74, 6) is 0.976. The van der Waals surface area contributed by atoms with Crippen molar-refractivity contribution in [1.82, 2.24) is 19.5 Å². The molecule has 0 spiro atoms. The van der Waals surface area contributed by atoms with Gasteiger partial charge in [0.2, 0.25) is 0 Å². The first-order valence-corrected chi connectivity index (χ1v) is 17.8. The first-order chi connectivity index (χ1) is 23.7. The Morgan fingerprint density at radius 1 is 0.580 bits per heavy atom. The van der Waals surface area contributed by atoms with E-state index in [0.29, 0.717) is 0 Å². The predicted molar refractivity (Wildman–Crippen MR) is 213 cm³/mol. The Morgan fingerprint density at radius 2 is 1.32 bits per heavy atom. The van der Waals surface area contributed by atoms with Gasteiger partial charge in [-0.15, -0.1) is 0 Å². The molecule has 0 amide bonds. The minimum absolute atomic E-state index is 0.0525. The van der Waals surface area contributed by atoms with Crippen LogP contribution in [-0.4, -0.2) is 19.5 Å². The van der Waals surface area contributed by atoms with Gasteiger partial charge < -0.3 is 9.55 Å². The smallest absolute Gasteiger partial charge is 0.143 e. The van der Waals surface area contributed by atoms with Crippen molar-refractivity contribution in [3.63, 3.8) is 0 Å². The number of para-hydroxylation sites is 1. The molecule has 0 aliphatic rings. The van der Waals surface area contributed by atoms with E-state index in [-0.39, 0.29) is 16.4 Å². The Balaban J connectivity index is 1.46. The molecule has 0 saturated carbocycles. The second kappa shape index (κ2) is 11.1. The molecule has 3 heterocycles. The topological polar surface area (TPSA) is 46.5 Å². The van der Waals surface area contributed by atoms with E-state index in [2.05, 4.69) is 169 Å². The van der Waals surface area contributed by atoms with Crippen LogP contribution in [0.3, 0.4) is 0 Å². The van der Waals surface area contributed by atoms with Gasteiger partial charge in [-0.25, -0.2) is 4.98 Å². The van der Waals surface area contributed by atoms with Gasteiger partial charge >= 0.3 is 0 Å². The van der Waals surface area contributed by atoms with E-state index in [1.807, 2.05) is 12.3 Å². The van der Waals surface area contributed by atoms with Gasteiger partial charge in [-0.1, -0.05) is 90.1 Å². The molecule has 0 radical (unpaired) electrons. The van der Waals surface area contributed by atoms with Crippen molar-refractivity contribution < 1.29 is 0 Å². The van der Waals surface area contributed by atoms with Crippen molar-refractivity contribution >= 4 is 43.6 Å². The maximum absolute atomic E-state index is 5.66. The molecule has 5 aromatic carbocycles. The second-order valence-electron chi connectivity index (χ2n) is 16.9. The second-order valence-corrected chi connectivity index (χ2v) is 16.9. The molecule has 3 aromatic heterocycles. The van der Waals surface area contributed by atoms with Crippen LogP contribution in [0.5, 0.6) is 0 Å². The van der Waals surface area contributed by atoms with E-state index in [0.717, 1.165) is 55.8 Å². The Hall–Kier alpha value is -5.22. The molecule has 0 bridgehead atoms. The summed E-state index contributed by atoms with van der Waals surface area (Å²) >= 11 is 0. The number of benzene rings is 5. The van der Waals surface area contributed by atoms with Crippen LogP contribution in [-0.2, 0) is 16.4 Å². The predicted octanol–water partition coefficient (Wildman–Crippen LogP) is 12.6. The highest BCUT2D eigenvalue weighted by Gasteiger charge is 2.28. The van der Waals surface area contributed by atoms with E-state index in [9.17, 15) is 0 Å². The standard InChI is InChI=1S/C46H46N4/c1-44(2,3)30-20-21-39-35(25-30)36-26-31(45(4,5)6)27-37(41(36)48-39)43-49-42-33(17-14-19-40(42)50(43)46(7,8)9)34-24-29(38-18-12-13-22-47-38)23-28-15-10-11-16-32(28)34/h10-27,48H,1-9H3. The number of imidazole rings is 1. The molecule has 50 heavy (non-hydrogen) atoms. The van der Waals surface area contributed by atoms with Crippen LogP contribution in [0.2, 0.25) is 0 Å². The molecule has 4 nitrogen and oxygen atoms in total. The first-order valence-electron chi connectivity index (χ1n) is 17.8. The fourth-order valence-corrected chi connectivity index (χ4v) is 7.47. The lowest BCUT2D eigenvalue weighted by atomic mass is 9.84. The summed E-state index contributed by atoms with van der Waals surface area (Å²) in [4.78, 5) is 14.2. The van der Waals surface area contributed by atoms with Crippen molar-refractivity contribution in [2.45, 2.75) is 78.7 Å². The quantitative estimate of drug-likeness (QED) is 0.206. The van der Waals surface area contributed by atoms with Gasteiger partial charge in [0.05, 0.1) is 22.2 Å². The van der Waals surface area contributed by atoms with Gasteiger partial charge in [-0.05, 0) is 114 Å². The van der Waals surface area contributed by atoms with E-state index >= 15 is 0 Å². The van der Waals surface area contributed by atoms with Crippen molar-refractivity contribution in [2.24, 2.45) is 0 Å². The van der Waals surface area contributed by atoms with Gasteiger partial charge in [-0.3, -0.25) is 4.98 Å². The number of pyridine rings is 1. The zero-order valence-electron chi connectivity index (χ0n) is 30.7. The summed E-state index contributed by atoms with van der Waals surface area (Å²) in [6, 6.07) is 37.6. The number of aromatic nitrogens is 4. The van der Waals surface area contributed by atoms with E-state index in [1.54, 1.807) is 0 Å². The third kappa shape index (κ3) is 5.29. The van der Waals surface area contributed by atoms with Crippen molar-refractivity contribution in [3.8, 4) is 33.8 Å². The molecule has 0 aliphatic heterocycles. The van der Waals surface area contributed by atoms with Crippen LogP contribution >= 0.6 is 0 Å². The van der Waals surface area contributed by atoms with Gasteiger partial charge in [0.15, 0.2) is 0 Å². The molecule has 0 atom stereocenters. The highest BCUT2D eigenvalue weighted by molar-refractivity contribution is 6.13. The molecule has 8 rings (SSSR count). The summed E-state index contributed by atoms with van der Waals surface area (Å²) in [5, 5.41) is 4.89. The van der Waals surface area contributed by atoms with E-state index < -0.39 is 0 Å². The summed E-state index contributed by atoms with van der Waals surface area (Å²) in [6.07, 6.45) is 1.86. The maximum atomic E-state index is 5.66. The molecule has 4 heteroatoms. The first kappa shape index (κ1) is 32.0. The minimum atomic E-state index is -0.240. The fraction of sp³-hybridized carbons (Fsp3) is 0.261. The average molecular weight is 655 g/mol. The lowest BCUT2D eigenvalue weighted by Crippen LogP contribution is -2.23. The number of hydrogen-bond donors (Lipinski definition) is 1. The Bertz CT molecular complexity index is 2580. The maximum Gasteiger partial charge on any atom is 0.143 e. The fourth-order valence-electron chi connectivity index (χ4n) is 7.47. The number of hydrogen-bond acceptors (Lipinski definition) is 2. The number of fused-ring (bicyclic) bond motifs is 5.